The summed E-state index contributed by atoms with van der Waals surface area (Å²) in [6.45, 7) is 5.50. The van der Waals surface area contributed by atoms with Gasteiger partial charge in [-0.3, -0.25) is 4.90 Å². The van der Waals surface area contributed by atoms with Crippen LogP contribution in [0.4, 0.5) is 13.2 Å². The van der Waals surface area contributed by atoms with Gasteiger partial charge >= 0.3 is 6.18 Å². The van der Waals surface area contributed by atoms with Gasteiger partial charge in [-0.25, -0.2) is 0 Å². The van der Waals surface area contributed by atoms with Crippen LogP contribution in [-0.2, 0) is 0 Å². The predicted molar refractivity (Wildman–Crippen MR) is 46.9 cm³/mol. The summed E-state index contributed by atoms with van der Waals surface area (Å²) in [5, 5.41) is 9.39. The lowest BCUT2D eigenvalue weighted by Crippen LogP contribution is -2.50. The molecule has 0 aromatic rings. The van der Waals surface area contributed by atoms with Crippen molar-refractivity contribution < 1.29 is 18.3 Å². The number of hydrogen-bond acceptors (Lipinski definition) is 2. The standard InChI is InChI=1S/C9H16F3NO/c1-7(2,3)13-5-4-8(14,6-13)9(10,11)12/h14H,4-6H2,1-3H3. The van der Waals surface area contributed by atoms with Gasteiger partial charge in [0.1, 0.15) is 0 Å². The molecule has 1 unspecified atom stereocenters. The van der Waals surface area contributed by atoms with Crippen molar-refractivity contribution in [2.24, 2.45) is 0 Å². The third kappa shape index (κ3) is 2.03. The summed E-state index contributed by atoms with van der Waals surface area (Å²) in [5.74, 6) is 0. The number of aliphatic hydroxyl groups is 1. The van der Waals surface area contributed by atoms with E-state index in [2.05, 4.69) is 0 Å². The van der Waals surface area contributed by atoms with Crippen LogP contribution in [0, 0.1) is 0 Å². The maximum atomic E-state index is 12.4. The smallest absolute Gasteiger partial charge is 0.379 e. The van der Waals surface area contributed by atoms with E-state index in [4.69, 9.17) is 0 Å². The zero-order valence-corrected chi connectivity index (χ0v) is 8.65. The first-order chi connectivity index (χ1) is 6.06. The van der Waals surface area contributed by atoms with Gasteiger partial charge in [-0.1, -0.05) is 0 Å². The van der Waals surface area contributed by atoms with Gasteiger partial charge in [0.2, 0.25) is 0 Å². The summed E-state index contributed by atoms with van der Waals surface area (Å²) in [7, 11) is 0. The van der Waals surface area contributed by atoms with E-state index in [1.807, 2.05) is 20.8 Å². The number of hydrogen-bond donors (Lipinski definition) is 1. The van der Waals surface area contributed by atoms with E-state index in [1.165, 1.54) is 0 Å². The molecule has 1 N–H and O–H groups in total. The third-order valence-corrected chi connectivity index (χ3v) is 2.72. The fraction of sp³-hybridized carbons (Fsp3) is 1.00. The highest BCUT2D eigenvalue weighted by atomic mass is 19.4. The Kier molecular flexibility index (Phi) is 2.61. The van der Waals surface area contributed by atoms with Crippen LogP contribution in [0.25, 0.3) is 0 Å². The topological polar surface area (TPSA) is 23.5 Å². The number of halogens is 3. The van der Waals surface area contributed by atoms with Gasteiger partial charge in [-0.2, -0.15) is 13.2 Å². The molecule has 0 amide bonds. The summed E-state index contributed by atoms with van der Waals surface area (Å²) in [5.41, 5.74) is -2.84. The first kappa shape index (κ1) is 11.8. The van der Waals surface area contributed by atoms with Gasteiger partial charge in [0, 0.05) is 18.6 Å². The summed E-state index contributed by atoms with van der Waals surface area (Å²) < 4.78 is 37.3. The highest BCUT2D eigenvalue weighted by Crippen LogP contribution is 2.39. The molecular weight excluding hydrogens is 195 g/mol. The fourth-order valence-electron chi connectivity index (χ4n) is 1.60. The molecule has 0 bridgehead atoms. The van der Waals surface area contributed by atoms with Crippen molar-refractivity contribution in [3.05, 3.63) is 0 Å². The Morgan fingerprint density at radius 3 is 1.93 bits per heavy atom. The molecule has 0 spiro atoms. The second-order valence-electron chi connectivity index (χ2n) is 4.87. The number of alkyl halides is 3. The molecule has 1 atom stereocenters. The van der Waals surface area contributed by atoms with Crippen molar-refractivity contribution in [3.63, 3.8) is 0 Å². The van der Waals surface area contributed by atoms with Gasteiger partial charge < -0.3 is 5.11 Å². The van der Waals surface area contributed by atoms with E-state index in [0.29, 0.717) is 6.54 Å². The largest absolute Gasteiger partial charge is 0.418 e. The maximum Gasteiger partial charge on any atom is 0.418 e. The molecule has 0 radical (unpaired) electrons. The van der Waals surface area contributed by atoms with Gasteiger partial charge in [-0.05, 0) is 27.2 Å². The lowest BCUT2D eigenvalue weighted by Gasteiger charge is -2.33. The lowest BCUT2D eigenvalue weighted by atomic mass is 10.0. The molecule has 1 fully saturated rings. The minimum atomic E-state index is -4.52. The molecule has 0 aromatic carbocycles. The van der Waals surface area contributed by atoms with Crippen LogP contribution < -0.4 is 0 Å². The molecule has 1 saturated heterocycles. The third-order valence-electron chi connectivity index (χ3n) is 2.72. The zero-order valence-electron chi connectivity index (χ0n) is 8.65. The molecule has 1 aliphatic rings. The number of likely N-dealkylation sites (tertiary alicyclic amines) is 1. The van der Waals surface area contributed by atoms with Gasteiger partial charge in [0.15, 0.2) is 5.60 Å². The summed E-state index contributed by atoms with van der Waals surface area (Å²) in [6, 6.07) is 0. The Morgan fingerprint density at radius 1 is 1.21 bits per heavy atom. The predicted octanol–water partition coefficient (Wildman–Crippen LogP) is 1.78. The van der Waals surface area contributed by atoms with Crippen molar-refractivity contribution >= 4 is 0 Å². The van der Waals surface area contributed by atoms with Crippen molar-refractivity contribution in [3.8, 4) is 0 Å². The Hall–Kier alpha value is -0.290. The highest BCUT2D eigenvalue weighted by Gasteiger charge is 2.58. The molecule has 1 rings (SSSR count). The maximum absolute atomic E-state index is 12.4. The summed E-state index contributed by atoms with van der Waals surface area (Å²) in [4.78, 5) is 1.65. The molecule has 0 saturated carbocycles. The molecule has 5 heteroatoms. The van der Waals surface area contributed by atoms with E-state index in [0.717, 1.165) is 0 Å². The Labute approximate surface area is 81.7 Å². The summed E-state index contributed by atoms with van der Waals surface area (Å²) in [6.07, 6.45) is -4.75. The average molecular weight is 211 g/mol. The van der Waals surface area contributed by atoms with E-state index in [9.17, 15) is 18.3 Å². The van der Waals surface area contributed by atoms with Crippen LogP contribution in [0.5, 0.6) is 0 Å². The van der Waals surface area contributed by atoms with Gasteiger partial charge in [-0.15, -0.1) is 0 Å². The SMILES string of the molecule is CC(C)(C)N1CCC(O)(C(F)(F)F)C1. The lowest BCUT2D eigenvalue weighted by molar-refractivity contribution is -0.254. The monoisotopic (exact) mass is 211 g/mol. The molecule has 1 heterocycles. The van der Waals surface area contributed by atoms with E-state index in [1.54, 1.807) is 4.90 Å². The minimum Gasteiger partial charge on any atom is -0.379 e. The Balaban J connectivity index is 2.75. The molecule has 2 nitrogen and oxygen atoms in total. The zero-order chi connectivity index (χ0) is 11.2. The van der Waals surface area contributed by atoms with Crippen molar-refractivity contribution in [2.75, 3.05) is 13.1 Å². The van der Waals surface area contributed by atoms with Gasteiger partial charge in [0.25, 0.3) is 0 Å². The highest BCUT2D eigenvalue weighted by molar-refractivity contribution is 4.99. The molecular formula is C9H16F3NO. The van der Waals surface area contributed by atoms with Crippen LogP contribution in [-0.4, -0.2) is 40.4 Å². The second-order valence-corrected chi connectivity index (χ2v) is 4.87. The molecule has 14 heavy (non-hydrogen) atoms. The molecule has 84 valence electrons. The number of β-amino-alcohol motifs (C(OH)–C–C–N with tert-alkyl or cyclic N) is 1. The van der Waals surface area contributed by atoms with Crippen LogP contribution in [0.3, 0.4) is 0 Å². The van der Waals surface area contributed by atoms with Crippen molar-refractivity contribution in [2.45, 2.75) is 44.5 Å². The fourth-order valence-corrected chi connectivity index (χ4v) is 1.60. The van der Waals surface area contributed by atoms with E-state index >= 15 is 0 Å². The Bertz CT molecular complexity index is 221. The van der Waals surface area contributed by atoms with Crippen LogP contribution >= 0.6 is 0 Å². The van der Waals surface area contributed by atoms with Gasteiger partial charge in [0.05, 0.1) is 0 Å². The first-order valence-electron chi connectivity index (χ1n) is 4.60. The van der Waals surface area contributed by atoms with E-state index < -0.39 is 11.8 Å². The molecule has 1 aliphatic heterocycles. The van der Waals surface area contributed by atoms with Crippen molar-refractivity contribution in [1.82, 2.24) is 4.90 Å². The second kappa shape index (κ2) is 3.10. The molecule has 0 aromatic heterocycles. The quantitative estimate of drug-likeness (QED) is 0.660. The van der Waals surface area contributed by atoms with Crippen LogP contribution in [0.15, 0.2) is 0 Å². The summed E-state index contributed by atoms with van der Waals surface area (Å²) >= 11 is 0. The molecule has 0 aliphatic carbocycles. The van der Waals surface area contributed by atoms with Crippen LogP contribution in [0.1, 0.15) is 27.2 Å². The Morgan fingerprint density at radius 2 is 1.71 bits per heavy atom. The minimum absolute atomic E-state index is 0.228. The first-order valence-corrected chi connectivity index (χ1v) is 4.60. The average Bonchev–Trinajstić information content (AvgIpc) is 2.29. The number of nitrogens with zero attached hydrogens (tertiary/aromatic N) is 1. The normalized spacial score (nSPS) is 31.1. The van der Waals surface area contributed by atoms with E-state index in [-0.39, 0.29) is 18.5 Å². The van der Waals surface area contributed by atoms with Crippen molar-refractivity contribution in [1.29, 1.82) is 0 Å². The number of rotatable bonds is 0. The van der Waals surface area contributed by atoms with Crippen LogP contribution in [0.2, 0.25) is 0 Å².